The minimum atomic E-state index is 0.247. The minimum absolute atomic E-state index is 0.247. The smallest absolute Gasteiger partial charge is 0.138 e. The van der Waals surface area contributed by atoms with Crippen molar-refractivity contribution in [2.75, 3.05) is 45.3 Å². The zero-order chi connectivity index (χ0) is 20.5. The van der Waals surface area contributed by atoms with Crippen LogP contribution in [0.5, 0.6) is 5.75 Å². The van der Waals surface area contributed by atoms with E-state index < -0.39 is 0 Å². The summed E-state index contributed by atoms with van der Waals surface area (Å²) >= 11 is 1.85. The van der Waals surface area contributed by atoms with Crippen molar-refractivity contribution in [2.24, 2.45) is 0 Å². The number of hydrogen-bond acceptors (Lipinski definition) is 7. The number of thiophene rings is 1. The van der Waals surface area contributed by atoms with Crippen LogP contribution in [0.2, 0.25) is 0 Å². The van der Waals surface area contributed by atoms with Crippen molar-refractivity contribution in [2.45, 2.75) is 32.2 Å². The number of anilines is 1. The molecule has 7 heteroatoms. The third kappa shape index (κ3) is 3.77. The van der Waals surface area contributed by atoms with Gasteiger partial charge >= 0.3 is 0 Å². The molecule has 3 aromatic rings. The van der Waals surface area contributed by atoms with Crippen LogP contribution in [0.3, 0.4) is 0 Å². The second-order valence-electron chi connectivity index (χ2n) is 7.98. The number of aromatic nitrogens is 2. The molecule has 1 fully saturated rings. The van der Waals surface area contributed by atoms with Gasteiger partial charge < -0.3 is 14.8 Å². The summed E-state index contributed by atoms with van der Waals surface area (Å²) in [7, 11) is 1.71. The van der Waals surface area contributed by atoms with Crippen LogP contribution < -0.4 is 10.1 Å². The molecule has 0 bridgehead atoms. The van der Waals surface area contributed by atoms with E-state index in [-0.39, 0.29) is 6.04 Å². The Morgan fingerprint density at radius 3 is 2.73 bits per heavy atom. The van der Waals surface area contributed by atoms with Gasteiger partial charge in [-0.05, 0) is 49.4 Å². The van der Waals surface area contributed by atoms with E-state index >= 15 is 0 Å². The van der Waals surface area contributed by atoms with Crippen LogP contribution in [0.25, 0.3) is 10.2 Å². The number of methoxy groups -OCH3 is 1. The van der Waals surface area contributed by atoms with Crippen molar-refractivity contribution in [1.29, 1.82) is 0 Å². The van der Waals surface area contributed by atoms with E-state index in [0.29, 0.717) is 0 Å². The van der Waals surface area contributed by atoms with Gasteiger partial charge in [0, 0.05) is 24.5 Å². The van der Waals surface area contributed by atoms with Gasteiger partial charge in [-0.25, -0.2) is 9.97 Å². The maximum atomic E-state index is 5.60. The molecule has 0 spiro atoms. The Morgan fingerprint density at radius 2 is 1.97 bits per heavy atom. The van der Waals surface area contributed by atoms with Crippen LogP contribution in [-0.2, 0) is 17.6 Å². The number of aryl methyl sites for hydroxylation is 3. The lowest BCUT2D eigenvalue weighted by molar-refractivity contribution is 0.0187. The number of hydrogen-bond donors (Lipinski definition) is 1. The van der Waals surface area contributed by atoms with Crippen LogP contribution in [0.15, 0.2) is 24.3 Å². The molecule has 1 saturated heterocycles. The highest BCUT2D eigenvalue weighted by molar-refractivity contribution is 7.19. The summed E-state index contributed by atoms with van der Waals surface area (Å²) in [5, 5.41) is 4.95. The molecule has 0 radical (unpaired) electrons. The number of ether oxygens (including phenoxy) is 2. The van der Waals surface area contributed by atoms with Crippen molar-refractivity contribution in [3.8, 4) is 5.75 Å². The molecule has 1 aliphatic carbocycles. The molecule has 158 valence electrons. The summed E-state index contributed by atoms with van der Waals surface area (Å²) < 4.78 is 11.0. The normalized spacial score (nSPS) is 17.8. The topological polar surface area (TPSA) is 59.5 Å². The first-order valence-corrected chi connectivity index (χ1v) is 11.5. The highest BCUT2D eigenvalue weighted by Gasteiger charge is 2.25. The van der Waals surface area contributed by atoms with Gasteiger partial charge in [-0.2, -0.15) is 0 Å². The summed E-state index contributed by atoms with van der Waals surface area (Å²) in [6.07, 6.45) is 3.56. The molecule has 1 unspecified atom stereocenters. The van der Waals surface area contributed by atoms with E-state index in [1.54, 1.807) is 7.11 Å². The molecule has 2 aliphatic rings. The molecular weight excluding hydrogens is 396 g/mol. The Morgan fingerprint density at radius 1 is 1.17 bits per heavy atom. The Hall–Kier alpha value is -2.22. The van der Waals surface area contributed by atoms with Gasteiger partial charge in [-0.3, -0.25) is 4.90 Å². The first-order valence-electron chi connectivity index (χ1n) is 10.7. The number of nitrogens with zero attached hydrogens (tertiary/aromatic N) is 3. The van der Waals surface area contributed by atoms with Crippen molar-refractivity contribution in [1.82, 2.24) is 14.9 Å². The van der Waals surface area contributed by atoms with Crippen LogP contribution >= 0.6 is 11.3 Å². The molecule has 3 heterocycles. The van der Waals surface area contributed by atoms with Crippen LogP contribution in [0, 0.1) is 6.92 Å². The predicted octanol–water partition coefficient (Wildman–Crippen LogP) is 3.98. The monoisotopic (exact) mass is 424 g/mol. The second-order valence-corrected chi connectivity index (χ2v) is 9.06. The first kappa shape index (κ1) is 19.7. The number of rotatable bonds is 6. The summed E-state index contributed by atoms with van der Waals surface area (Å²) in [5.41, 5.74) is 2.74. The summed E-state index contributed by atoms with van der Waals surface area (Å²) in [6, 6.07) is 8.67. The van der Waals surface area contributed by atoms with E-state index in [9.17, 15) is 0 Å². The molecule has 2 aromatic heterocycles. The van der Waals surface area contributed by atoms with E-state index in [1.165, 1.54) is 34.2 Å². The molecule has 1 aliphatic heterocycles. The average molecular weight is 425 g/mol. The third-order valence-corrected chi connectivity index (χ3v) is 7.31. The SMILES string of the molecule is COc1ccc(C(CNc2nc(C)nc3sc4c(c23)CCC4)N2CCOCC2)cc1. The molecule has 0 saturated carbocycles. The molecular formula is C23H28N4O2S. The van der Waals surface area contributed by atoms with Crippen molar-refractivity contribution in [3.63, 3.8) is 0 Å². The third-order valence-electron chi connectivity index (χ3n) is 6.13. The maximum Gasteiger partial charge on any atom is 0.138 e. The molecule has 1 aromatic carbocycles. The van der Waals surface area contributed by atoms with Gasteiger partial charge in [-0.1, -0.05) is 12.1 Å². The second kappa shape index (κ2) is 8.49. The Kier molecular flexibility index (Phi) is 5.58. The van der Waals surface area contributed by atoms with Gasteiger partial charge in [0.1, 0.15) is 22.2 Å². The Bertz CT molecular complexity index is 1030. The van der Waals surface area contributed by atoms with Crippen molar-refractivity contribution >= 4 is 27.4 Å². The van der Waals surface area contributed by atoms with E-state index in [4.69, 9.17) is 19.4 Å². The number of nitrogens with one attached hydrogen (secondary N) is 1. The fourth-order valence-electron chi connectivity index (χ4n) is 4.60. The number of fused-ring (bicyclic) bond motifs is 3. The number of benzene rings is 1. The summed E-state index contributed by atoms with van der Waals surface area (Å²) in [6.45, 7) is 6.21. The quantitative estimate of drug-likeness (QED) is 0.646. The zero-order valence-corrected chi connectivity index (χ0v) is 18.4. The molecule has 1 atom stereocenters. The Balaban J connectivity index is 1.45. The highest BCUT2D eigenvalue weighted by atomic mass is 32.1. The van der Waals surface area contributed by atoms with Gasteiger partial charge in [-0.15, -0.1) is 11.3 Å². The molecule has 30 heavy (non-hydrogen) atoms. The molecule has 0 amide bonds. The molecule has 6 nitrogen and oxygen atoms in total. The molecule has 1 N–H and O–H groups in total. The fourth-order valence-corrected chi connectivity index (χ4v) is 5.90. The lowest BCUT2D eigenvalue weighted by Gasteiger charge is -2.35. The zero-order valence-electron chi connectivity index (χ0n) is 17.6. The Labute approximate surface area is 181 Å². The summed E-state index contributed by atoms with van der Waals surface area (Å²) in [5.74, 6) is 2.70. The van der Waals surface area contributed by atoms with E-state index in [0.717, 1.165) is 61.5 Å². The lowest BCUT2D eigenvalue weighted by atomic mass is 10.0. The van der Waals surface area contributed by atoms with E-state index in [2.05, 4.69) is 22.3 Å². The van der Waals surface area contributed by atoms with Gasteiger partial charge in [0.25, 0.3) is 0 Å². The van der Waals surface area contributed by atoms with Gasteiger partial charge in [0.2, 0.25) is 0 Å². The molecule has 5 rings (SSSR count). The average Bonchev–Trinajstić information content (AvgIpc) is 3.36. The maximum absolute atomic E-state index is 5.60. The van der Waals surface area contributed by atoms with Crippen molar-refractivity contribution < 1.29 is 9.47 Å². The number of morpholine rings is 1. The van der Waals surface area contributed by atoms with Gasteiger partial charge in [0.15, 0.2) is 0 Å². The fraction of sp³-hybridized carbons (Fsp3) is 0.478. The summed E-state index contributed by atoms with van der Waals surface area (Å²) in [4.78, 5) is 14.7. The predicted molar refractivity (Wildman–Crippen MR) is 121 cm³/mol. The highest BCUT2D eigenvalue weighted by Crippen LogP contribution is 2.39. The lowest BCUT2D eigenvalue weighted by Crippen LogP contribution is -2.41. The van der Waals surface area contributed by atoms with Crippen LogP contribution in [-0.4, -0.2) is 54.8 Å². The van der Waals surface area contributed by atoms with E-state index in [1.807, 2.05) is 30.4 Å². The van der Waals surface area contributed by atoms with Crippen molar-refractivity contribution in [3.05, 3.63) is 46.1 Å². The largest absolute Gasteiger partial charge is 0.497 e. The van der Waals surface area contributed by atoms with Gasteiger partial charge in [0.05, 0.1) is 31.8 Å². The van der Waals surface area contributed by atoms with Crippen LogP contribution in [0.1, 0.15) is 34.3 Å². The first-order chi connectivity index (χ1) is 14.7. The minimum Gasteiger partial charge on any atom is -0.497 e. The standard InChI is InChI=1S/C23H28N4O2S/c1-15-25-22(21-18-4-3-5-20(18)30-23(21)26-15)24-14-19(27-10-12-29-13-11-27)16-6-8-17(28-2)9-7-16/h6-9,19H,3-5,10-14H2,1-2H3,(H,24,25,26). The van der Waals surface area contributed by atoms with Crippen LogP contribution in [0.4, 0.5) is 5.82 Å².